The molecule has 0 aliphatic carbocycles. The molecule has 0 radical (unpaired) electrons. The minimum Gasteiger partial charge on any atom is -0.368 e. The number of benzene rings is 2. The van der Waals surface area contributed by atoms with Crippen molar-refractivity contribution in [1.29, 1.82) is 0 Å². The van der Waals surface area contributed by atoms with Crippen molar-refractivity contribution in [2.24, 2.45) is 0 Å². The highest BCUT2D eigenvalue weighted by molar-refractivity contribution is 6.31. The Kier molecular flexibility index (Phi) is 3.94. The summed E-state index contributed by atoms with van der Waals surface area (Å²) in [5, 5.41) is 1.66. The molecule has 0 atom stereocenters. The van der Waals surface area contributed by atoms with E-state index in [9.17, 15) is 4.39 Å². The second-order valence-electron chi connectivity index (χ2n) is 5.81. The van der Waals surface area contributed by atoms with Gasteiger partial charge in [0.15, 0.2) is 0 Å². The van der Waals surface area contributed by atoms with Crippen LogP contribution in [-0.4, -0.2) is 36.1 Å². The van der Waals surface area contributed by atoms with Crippen molar-refractivity contribution in [1.82, 2.24) is 9.97 Å². The molecule has 1 aliphatic rings. The topological polar surface area (TPSA) is 32.3 Å². The number of piperazine rings is 1. The Morgan fingerprint density at radius 2 is 1.58 bits per heavy atom. The number of halogens is 2. The van der Waals surface area contributed by atoms with Gasteiger partial charge in [-0.25, -0.2) is 14.4 Å². The molecule has 0 N–H and O–H groups in total. The third-order valence-electron chi connectivity index (χ3n) is 4.35. The highest BCUT2D eigenvalue weighted by Gasteiger charge is 2.20. The number of hydrogen-bond donors (Lipinski definition) is 0. The summed E-state index contributed by atoms with van der Waals surface area (Å²) in [4.78, 5) is 13.3. The van der Waals surface area contributed by atoms with E-state index in [0.717, 1.165) is 48.6 Å². The minimum atomic E-state index is -0.207. The summed E-state index contributed by atoms with van der Waals surface area (Å²) in [5.74, 6) is 0.711. The van der Waals surface area contributed by atoms with E-state index < -0.39 is 0 Å². The van der Waals surface area contributed by atoms with E-state index >= 15 is 0 Å². The van der Waals surface area contributed by atoms with Crippen LogP contribution in [0, 0.1) is 5.82 Å². The number of fused-ring (bicyclic) bond motifs is 1. The van der Waals surface area contributed by atoms with Gasteiger partial charge in [0, 0.05) is 42.3 Å². The van der Waals surface area contributed by atoms with Gasteiger partial charge in [-0.3, -0.25) is 0 Å². The van der Waals surface area contributed by atoms with Crippen molar-refractivity contribution in [3.63, 3.8) is 0 Å². The fourth-order valence-corrected chi connectivity index (χ4v) is 3.27. The molecule has 2 heterocycles. The SMILES string of the molecule is Fc1ccc(N2CCN(c3ncnc4ccc(Cl)cc34)CC2)cc1. The van der Waals surface area contributed by atoms with Gasteiger partial charge in [-0.05, 0) is 42.5 Å². The first-order valence-corrected chi connectivity index (χ1v) is 8.24. The summed E-state index contributed by atoms with van der Waals surface area (Å²) in [6.45, 7) is 3.40. The zero-order valence-electron chi connectivity index (χ0n) is 13.0. The summed E-state index contributed by atoms with van der Waals surface area (Å²) in [6.07, 6.45) is 1.60. The molecule has 2 aromatic carbocycles. The van der Waals surface area contributed by atoms with E-state index in [4.69, 9.17) is 11.6 Å². The molecule has 122 valence electrons. The third kappa shape index (κ3) is 2.87. The molecule has 1 aliphatic heterocycles. The summed E-state index contributed by atoms with van der Waals surface area (Å²) in [5.41, 5.74) is 1.94. The largest absolute Gasteiger partial charge is 0.368 e. The monoisotopic (exact) mass is 342 g/mol. The van der Waals surface area contributed by atoms with Gasteiger partial charge in [-0.15, -0.1) is 0 Å². The molecule has 3 aromatic rings. The molecule has 0 saturated carbocycles. The smallest absolute Gasteiger partial charge is 0.140 e. The lowest BCUT2D eigenvalue weighted by atomic mass is 10.2. The first-order chi connectivity index (χ1) is 11.7. The van der Waals surface area contributed by atoms with Crippen molar-refractivity contribution in [3.8, 4) is 0 Å². The van der Waals surface area contributed by atoms with Crippen molar-refractivity contribution in [3.05, 3.63) is 59.6 Å². The maximum Gasteiger partial charge on any atom is 0.140 e. The van der Waals surface area contributed by atoms with Crippen LogP contribution in [0.15, 0.2) is 48.8 Å². The summed E-state index contributed by atoms with van der Waals surface area (Å²) < 4.78 is 13.1. The fraction of sp³-hybridized carbons (Fsp3) is 0.222. The van der Waals surface area contributed by atoms with Crippen molar-refractivity contribution < 1.29 is 4.39 Å². The van der Waals surface area contributed by atoms with Crippen molar-refractivity contribution >= 4 is 34.0 Å². The van der Waals surface area contributed by atoms with Crippen LogP contribution in [0.1, 0.15) is 0 Å². The van der Waals surface area contributed by atoms with Crippen LogP contribution < -0.4 is 9.80 Å². The second kappa shape index (κ2) is 6.24. The Morgan fingerprint density at radius 3 is 2.33 bits per heavy atom. The third-order valence-corrected chi connectivity index (χ3v) is 4.58. The zero-order valence-corrected chi connectivity index (χ0v) is 13.7. The highest BCUT2D eigenvalue weighted by atomic mass is 35.5. The number of rotatable bonds is 2. The molecule has 1 saturated heterocycles. The molecule has 6 heteroatoms. The Labute approximate surface area is 144 Å². The molecule has 1 aromatic heterocycles. The van der Waals surface area contributed by atoms with Crippen LogP contribution in [0.2, 0.25) is 5.02 Å². The summed E-state index contributed by atoms with van der Waals surface area (Å²) >= 11 is 6.13. The van der Waals surface area contributed by atoms with Crippen molar-refractivity contribution in [2.75, 3.05) is 36.0 Å². The number of anilines is 2. The van der Waals surface area contributed by atoms with Gasteiger partial charge in [0.1, 0.15) is 18.0 Å². The van der Waals surface area contributed by atoms with E-state index in [2.05, 4.69) is 19.8 Å². The van der Waals surface area contributed by atoms with Crippen LogP contribution in [0.3, 0.4) is 0 Å². The van der Waals surface area contributed by atoms with Gasteiger partial charge >= 0.3 is 0 Å². The van der Waals surface area contributed by atoms with Gasteiger partial charge in [0.25, 0.3) is 0 Å². The maximum absolute atomic E-state index is 13.1. The average molecular weight is 343 g/mol. The van der Waals surface area contributed by atoms with E-state index in [1.807, 2.05) is 30.3 Å². The first kappa shape index (κ1) is 15.1. The Morgan fingerprint density at radius 1 is 0.875 bits per heavy atom. The lowest BCUT2D eigenvalue weighted by molar-refractivity contribution is 0.624. The maximum atomic E-state index is 13.1. The van der Waals surface area contributed by atoms with E-state index in [1.165, 1.54) is 12.1 Å². The number of aromatic nitrogens is 2. The molecule has 4 nitrogen and oxygen atoms in total. The molecule has 0 spiro atoms. The van der Waals surface area contributed by atoms with Gasteiger partial charge < -0.3 is 9.80 Å². The van der Waals surface area contributed by atoms with Crippen LogP contribution in [0.5, 0.6) is 0 Å². The molecule has 0 bridgehead atoms. The lowest BCUT2D eigenvalue weighted by Crippen LogP contribution is -2.46. The average Bonchev–Trinajstić information content (AvgIpc) is 2.62. The molecule has 0 amide bonds. The summed E-state index contributed by atoms with van der Waals surface area (Å²) in [7, 11) is 0. The van der Waals surface area contributed by atoms with E-state index in [1.54, 1.807) is 6.33 Å². The number of nitrogens with zero attached hydrogens (tertiary/aromatic N) is 4. The van der Waals surface area contributed by atoms with Crippen molar-refractivity contribution in [2.45, 2.75) is 0 Å². The van der Waals surface area contributed by atoms with Crippen LogP contribution in [0.4, 0.5) is 15.9 Å². The molecule has 0 unspecified atom stereocenters. The van der Waals surface area contributed by atoms with Gasteiger partial charge in [0.05, 0.1) is 5.52 Å². The van der Waals surface area contributed by atoms with E-state index in [0.29, 0.717) is 5.02 Å². The van der Waals surface area contributed by atoms with E-state index in [-0.39, 0.29) is 5.82 Å². The Bertz CT molecular complexity index is 861. The first-order valence-electron chi connectivity index (χ1n) is 7.86. The highest BCUT2D eigenvalue weighted by Crippen LogP contribution is 2.27. The number of hydrogen-bond acceptors (Lipinski definition) is 4. The minimum absolute atomic E-state index is 0.207. The van der Waals surface area contributed by atoms with Crippen LogP contribution in [0.25, 0.3) is 10.9 Å². The standard InChI is InChI=1S/C18H16ClFN4/c19-13-1-6-17-16(11-13)18(22-12-21-17)24-9-7-23(8-10-24)15-4-2-14(20)3-5-15/h1-6,11-12H,7-10H2. The quantitative estimate of drug-likeness (QED) is 0.710. The van der Waals surface area contributed by atoms with Gasteiger partial charge in [0.2, 0.25) is 0 Å². The van der Waals surface area contributed by atoms with Crippen LogP contribution >= 0.6 is 11.6 Å². The van der Waals surface area contributed by atoms with Gasteiger partial charge in [-0.1, -0.05) is 11.6 Å². The molecule has 24 heavy (non-hydrogen) atoms. The molecule has 4 rings (SSSR count). The van der Waals surface area contributed by atoms with Crippen LogP contribution in [-0.2, 0) is 0 Å². The second-order valence-corrected chi connectivity index (χ2v) is 6.25. The predicted octanol–water partition coefficient (Wildman–Crippen LogP) is 3.75. The fourth-order valence-electron chi connectivity index (χ4n) is 3.10. The summed E-state index contributed by atoms with van der Waals surface area (Å²) in [6, 6.07) is 12.3. The lowest BCUT2D eigenvalue weighted by Gasteiger charge is -2.37. The molecule has 1 fully saturated rings. The molecular formula is C18H16ClFN4. The normalized spacial score (nSPS) is 15.1. The Hall–Kier alpha value is -2.40. The Balaban J connectivity index is 1.56. The van der Waals surface area contributed by atoms with Gasteiger partial charge in [-0.2, -0.15) is 0 Å². The zero-order chi connectivity index (χ0) is 16.5. The predicted molar refractivity (Wildman–Crippen MR) is 95.4 cm³/mol. The molecular weight excluding hydrogens is 327 g/mol.